The molecule has 2 rings (SSSR count). The van der Waals surface area contributed by atoms with Crippen LogP contribution in [0.3, 0.4) is 0 Å². The van der Waals surface area contributed by atoms with E-state index in [-0.39, 0.29) is 30.5 Å². The largest absolute Gasteiger partial charge is 0.418 e. The van der Waals surface area contributed by atoms with Crippen LogP contribution in [0.5, 0.6) is 0 Å². The van der Waals surface area contributed by atoms with Crippen molar-refractivity contribution in [2.24, 2.45) is 5.92 Å². The molecule has 0 spiro atoms. The van der Waals surface area contributed by atoms with Crippen LogP contribution >= 0.6 is 12.6 Å². The first-order valence-electron chi connectivity index (χ1n) is 5.36. The van der Waals surface area contributed by atoms with Gasteiger partial charge in [0, 0.05) is 19.2 Å². The molecule has 0 aromatic carbocycles. The Morgan fingerprint density at radius 2 is 2.22 bits per heavy atom. The predicted octanol–water partition coefficient (Wildman–Crippen LogP) is 2.38. The monoisotopic (exact) mass is 276 g/mol. The molecule has 18 heavy (non-hydrogen) atoms. The third-order valence-electron chi connectivity index (χ3n) is 2.86. The second-order valence-corrected chi connectivity index (χ2v) is 4.51. The lowest BCUT2D eigenvalue weighted by atomic mass is 10.1. The van der Waals surface area contributed by atoms with Crippen LogP contribution in [-0.2, 0) is 11.0 Å². The molecule has 7 heteroatoms. The number of anilines is 1. The highest BCUT2D eigenvalue weighted by Crippen LogP contribution is 2.38. The standard InChI is InChI=1S/C11H11F3N2OS/c12-11(13,14)8-1-2-15-4-9(8)16-5-7(6-18)3-10(16)17/h1-2,4,7,18H,3,5-6H2. The van der Waals surface area contributed by atoms with Crippen molar-refractivity contribution in [1.29, 1.82) is 0 Å². The van der Waals surface area contributed by atoms with Crippen molar-refractivity contribution in [2.75, 3.05) is 17.2 Å². The molecule has 0 bridgehead atoms. The van der Waals surface area contributed by atoms with E-state index in [0.717, 1.165) is 23.4 Å². The van der Waals surface area contributed by atoms with Gasteiger partial charge >= 0.3 is 6.18 Å². The number of hydrogen-bond donors (Lipinski definition) is 1. The summed E-state index contributed by atoms with van der Waals surface area (Å²) in [5.41, 5.74) is -0.995. The van der Waals surface area contributed by atoms with Crippen LogP contribution in [0.4, 0.5) is 18.9 Å². The average Bonchev–Trinajstić information content (AvgIpc) is 2.69. The summed E-state index contributed by atoms with van der Waals surface area (Å²) < 4.78 is 38.5. The molecule has 1 aromatic rings. The number of hydrogen-bond acceptors (Lipinski definition) is 3. The maximum atomic E-state index is 12.8. The number of carbonyl (C=O) groups is 1. The SMILES string of the molecule is O=C1CC(CS)CN1c1cnccc1C(F)(F)F. The minimum Gasteiger partial charge on any atom is -0.310 e. The maximum Gasteiger partial charge on any atom is 0.418 e. The number of pyridine rings is 1. The van der Waals surface area contributed by atoms with Crippen molar-refractivity contribution < 1.29 is 18.0 Å². The van der Waals surface area contributed by atoms with Crippen molar-refractivity contribution >= 4 is 24.2 Å². The first-order valence-corrected chi connectivity index (χ1v) is 5.99. The lowest BCUT2D eigenvalue weighted by Crippen LogP contribution is -2.27. The van der Waals surface area contributed by atoms with Crippen LogP contribution in [0.25, 0.3) is 0 Å². The molecule has 0 aliphatic carbocycles. The van der Waals surface area contributed by atoms with E-state index < -0.39 is 11.7 Å². The normalized spacial score (nSPS) is 20.6. The van der Waals surface area contributed by atoms with E-state index in [1.54, 1.807) is 0 Å². The summed E-state index contributed by atoms with van der Waals surface area (Å²) in [4.78, 5) is 16.5. The predicted molar refractivity (Wildman–Crippen MR) is 63.6 cm³/mol. The van der Waals surface area contributed by atoms with Gasteiger partial charge in [-0.15, -0.1) is 0 Å². The van der Waals surface area contributed by atoms with E-state index in [1.165, 1.54) is 0 Å². The molecule has 0 saturated carbocycles. The number of amides is 1. The van der Waals surface area contributed by atoms with Crippen LogP contribution in [0.1, 0.15) is 12.0 Å². The summed E-state index contributed by atoms with van der Waals surface area (Å²) in [6, 6.07) is 0.886. The van der Waals surface area contributed by atoms with Crippen molar-refractivity contribution in [3.8, 4) is 0 Å². The van der Waals surface area contributed by atoms with Gasteiger partial charge in [0.2, 0.25) is 5.91 Å². The van der Waals surface area contributed by atoms with Gasteiger partial charge in [0.15, 0.2) is 0 Å². The van der Waals surface area contributed by atoms with Gasteiger partial charge in [-0.1, -0.05) is 0 Å². The summed E-state index contributed by atoms with van der Waals surface area (Å²) in [6.07, 6.45) is -2.10. The fourth-order valence-electron chi connectivity index (χ4n) is 1.98. The van der Waals surface area contributed by atoms with Gasteiger partial charge < -0.3 is 4.90 Å². The summed E-state index contributed by atoms with van der Waals surface area (Å²) in [5, 5.41) is 0. The number of rotatable bonds is 2. The Bertz CT molecular complexity index is 464. The van der Waals surface area contributed by atoms with Gasteiger partial charge in [0.1, 0.15) is 0 Å². The van der Waals surface area contributed by atoms with Crippen LogP contribution in [0.2, 0.25) is 0 Å². The zero-order valence-electron chi connectivity index (χ0n) is 9.31. The van der Waals surface area contributed by atoms with E-state index in [1.807, 2.05) is 0 Å². The molecule has 1 atom stereocenters. The minimum absolute atomic E-state index is 0.0119. The van der Waals surface area contributed by atoms with E-state index in [0.29, 0.717) is 5.75 Å². The summed E-state index contributed by atoms with van der Waals surface area (Å²) >= 11 is 4.08. The first-order chi connectivity index (χ1) is 8.43. The molecule has 0 N–H and O–H groups in total. The van der Waals surface area contributed by atoms with Crippen molar-refractivity contribution in [3.05, 3.63) is 24.0 Å². The number of carbonyl (C=O) groups excluding carboxylic acids is 1. The molecule has 1 saturated heterocycles. The van der Waals surface area contributed by atoms with E-state index in [2.05, 4.69) is 17.6 Å². The summed E-state index contributed by atoms with van der Waals surface area (Å²) in [6.45, 7) is 0.261. The Kier molecular flexibility index (Phi) is 3.52. The number of aromatic nitrogens is 1. The quantitative estimate of drug-likeness (QED) is 0.841. The van der Waals surface area contributed by atoms with Crippen LogP contribution in [0, 0.1) is 5.92 Å². The van der Waals surface area contributed by atoms with Gasteiger partial charge in [0.25, 0.3) is 0 Å². The molecule has 98 valence electrons. The van der Waals surface area contributed by atoms with E-state index in [9.17, 15) is 18.0 Å². The molecule has 1 aliphatic heterocycles. The molecule has 1 unspecified atom stereocenters. The lowest BCUT2D eigenvalue weighted by molar-refractivity contribution is -0.137. The van der Waals surface area contributed by atoms with Gasteiger partial charge in [-0.3, -0.25) is 9.78 Å². The Morgan fingerprint density at radius 3 is 2.78 bits per heavy atom. The second-order valence-electron chi connectivity index (χ2n) is 4.15. The summed E-state index contributed by atoms with van der Waals surface area (Å²) in [5.74, 6) is 0.152. The Hall–Kier alpha value is -1.24. The van der Waals surface area contributed by atoms with Crippen LogP contribution in [0.15, 0.2) is 18.5 Å². The summed E-state index contributed by atoms with van der Waals surface area (Å²) in [7, 11) is 0. The zero-order chi connectivity index (χ0) is 13.3. The molecule has 0 radical (unpaired) electrons. The van der Waals surface area contributed by atoms with Gasteiger partial charge in [-0.25, -0.2) is 0 Å². The van der Waals surface area contributed by atoms with Crippen LogP contribution in [-0.4, -0.2) is 23.2 Å². The van der Waals surface area contributed by atoms with Crippen molar-refractivity contribution in [2.45, 2.75) is 12.6 Å². The minimum atomic E-state index is -4.49. The number of nitrogens with zero attached hydrogens (tertiary/aromatic N) is 2. The average molecular weight is 276 g/mol. The molecule has 3 nitrogen and oxygen atoms in total. The lowest BCUT2D eigenvalue weighted by Gasteiger charge is -2.20. The number of halogens is 3. The molecule has 1 amide bonds. The zero-order valence-corrected chi connectivity index (χ0v) is 10.2. The number of alkyl halides is 3. The highest BCUT2D eigenvalue weighted by atomic mass is 32.1. The first kappa shape index (κ1) is 13.2. The Balaban J connectivity index is 2.37. The third-order valence-corrected chi connectivity index (χ3v) is 3.38. The Labute approximate surface area is 107 Å². The number of thiol groups is 1. The van der Waals surface area contributed by atoms with Gasteiger partial charge in [0.05, 0.1) is 17.4 Å². The Morgan fingerprint density at radius 1 is 1.50 bits per heavy atom. The molecule has 1 aliphatic rings. The molecular weight excluding hydrogens is 265 g/mol. The molecule has 2 heterocycles. The molecule has 1 aromatic heterocycles. The van der Waals surface area contributed by atoms with E-state index in [4.69, 9.17) is 0 Å². The third kappa shape index (κ3) is 2.45. The fraction of sp³-hybridized carbons (Fsp3) is 0.455. The van der Waals surface area contributed by atoms with Gasteiger partial charge in [-0.2, -0.15) is 25.8 Å². The second kappa shape index (κ2) is 4.79. The molecule has 1 fully saturated rings. The van der Waals surface area contributed by atoms with Crippen LogP contribution < -0.4 is 4.90 Å². The molecular formula is C11H11F3N2OS. The maximum absolute atomic E-state index is 12.8. The smallest absolute Gasteiger partial charge is 0.310 e. The van der Waals surface area contributed by atoms with Crippen molar-refractivity contribution in [1.82, 2.24) is 4.98 Å². The highest BCUT2D eigenvalue weighted by molar-refractivity contribution is 7.80. The van der Waals surface area contributed by atoms with E-state index >= 15 is 0 Å². The van der Waals surface area contributed by atoms with Crippen molar-refractivity contribution in [3.63, 3.8) is 0 Å². The van der Waals surface area contributed by atoms with Gasteiger partial charge in [-0.05, 0) is 17.7 Å². The highest BCUT2D eigenvalue weighted by Gasteiger charge is 2.38. The topological polar surface area (TPSA) is 33.2 Å². The fourth-order valence-corrected chi connectivity index (χ4v) is 2.22.